The van der Waals surface area contributed by atoms with E-state index in [4.69, 9.17) is 0 Å². The van der Waals surface area contributed by atoms with Crippen molar-refractivity contribution < 1.29 is 29.7 Å². The van der Waals surface area contributed by atoms with E-state index >= 15 is 0 Å². The van der Waals surface area contributed by atoms with Gasteiger partial charge in [-0.2, -0.15) is 0 Å². The Kier molecular flexibility index (Phi) is 15.9. The zero-order chi connectivity index (χ0) is 48.4. The summed E-state index contributed by atoms with van der Waals surface area (Å²) in [5.41, 5.74) is 7.52. The molecular weight excluding hydrogens is 844 g/mol. The van der Waals surface area contributed by atoms with Crippen molar-refractivity contribution in [2.45, 2.75) is 199 Å². The molecule has 3 fully saturated rings. The minimum atomic E-state index is -0.838. The van der Waals surface area contributed by atoms with Gasteiger partial charge in [-0.15, -0.1) is 0 Å². The maximum Gasteiger partial charge on any atom is 3.00 e. The van der Waals surface area contributed by atoms with Crippen molar-refractivity contribution in [2.75, 3.05) is 0 Å². The normalized spacial score (nSPS) is 40.7. The summed E-state index contributed by atoms with van der Waals surface area (Å²) in [5, 5.41) is 35.5. The average molecular weight is 931 g/mol. The summed E-state index contributed by atoms with van der Waals surface area (Å²) in [7, 11) is 0. The summed E-state index contributed by atoms with van der Waals surface area (Å²) < 4.78 is 0. The predicted molar refractivity (Wildman–Crippen MR) is 266 cm³/mol. The number of carboxylic acids is 3. The molecule has 9 aliphatic carbocycles. The molecule has 9 aliphatic rings. The summed E-state index contributed by atoms with van der Waals surface area (Å²) in [4.78, 5) is 35.5. The van der Waals surface area contributed by atoms with Crippen molar-refractivity contribution in [3.8, 4) is 0 Å². The second kappa shape index (κ2) is 19.9. The SMILES string of the molecule is CC(C)C1=CC2=CCC3[C@](C)(CCC[C@]3(C)C(=O)[O-])[C@H]2CC1.CC(C)C1=CC2=CCC3[C@](C)(CCC[C@]3(C)C(=O)[O-])[C@H]2CC1.CC(C)C1=CC2=CCC3[C@](C)(CCC[C@]3(C)C(=O)[O-])[C@H]2CC1.[Al+3]. The van der Waals surface area contributed by atoms with E-state index in [9.17, 15) is 29.7 Å². The van der Waals surface area contributed by atoms with Gasteiger partial charge in [0.25, 0.3) is 0 Å². The molecule has 0 radical (unpaired) electrons. The molecular formula is C60H87AlO6. The number of carboxylic acid groups (broad SMARTS) is 3. The molecule has 3 saturated carbocycles. The van der Waals surface area contributed by atoms with Crippen molar-refractivity contribution in [1.29, 1.82) is 0 Å². The summed E-state index contributed by atoms with van der Waals surface area (Å²) >= 11 is 0. The van der Waals surface area contributed by atoms with Gasteiger partial charge in [0.2, 0.25) is 0 Å². The van der Waals surface area contributed by atoms with Gasteiger partial charge in [-0.3, -0.25) is 0 Å². The van der Waals surface area contributed by atoms with Crippen LogP contribution in [-0.4, -0.2) is 35.3 Å². The average Bonchev–Trinajstić information content (AvgIpc) is 3.26. The molecule has 366 valence electrons. The Morgan fingerprint density at radius 1 is 0.448 bits per heavy atom. The number of hydrogen-bond donors (Lipinski definition) is 0. The fourth-order valence-corrected chi connectivity index (χ4v) is 16.8. The van der Waals surface area contributed by atoms with Gasteiger partial charge in [0, 0.05) is 34.2 Å². The van der Waals surface area contributed by atoms with Crippen molar-refractivity contribution >= 4 is 35.3 Å². The molecule has 0 aliphatic heterocycles. The first-order valence-corrected chi connectivity index (χ1v) is 26.7. The zero-order valence-electron chi connectivity index (χ0n) is 43.9. The smallest absolute Gasteiger partial charge is 0.550 e. The Bertz CT molecular complexity index is 1870. The third kappa shape index (κ3) is 9.40. The van der Waals surface area contributed by atoms with E-state index in [1.807, 2.05) is 20.8 Å². The van der Waals surface area contributed by atoms with Crippen LogP contribution in [0.5, 0.6) is 0 Å². The monoisotopic (exact) mass is 931 g/mol. The van der Waals surface area contributed by atoms with Gasteiger partial charge >= 0.3 is 17.4 Å². The molecule has 0 saturated heterocycles. The number of aliphatic carboxylic acids is 3. The largest absolute Gasteiger partial charge is 3.00 e. The number of carbonyl (C=O) groups is 3. The van der Waals surface area contributed by atoms with Gasteiger partial charge in [0.1, 0.15) is 0 Å². The van der Waals surface area contributed by atoms with E-state index in [1.165, 1.54) is 55.2 Å². The van der Waals surface area contributed by atoms with Gasteiger partial charge in [-0.1, -0.05) is 156 Å². The third-order valence-corrected chi connectivity index (χ3v) is 21.1. The van der Waals surface area contributed by atoms with Crippen LogP contribution >= 0.6 is 0 Å². The minimum Gasteiger partial charge on any atom is -0.550 e. The molecule has 0 aromatic carbocycles. The number of allylic oxidation sites excluding steroid dienone is 12. The fraction of sp³-hybridized carbons (Fsp3) is 0.750. The molecule has 0 amide bonds. The van der Waals surface area contributed by atoms with Crippen LogP contribution < -0.4 is 15.3 Å². The molecule has 67 heavy (non-hydrogen) atoms. The Balaban J connectivity index is 0.000000165. The molecule has 7 heteroatoms. The van der Waals surface area contributed by atoms with Crippen LogP contribution in [0.1, 0.15) is 199 Å². The molecule has 12 atom stereocenters. The number of rotatable bonds is 6. The van der Waals surface area contributed by atoms with Gasteiger partial charge in [0.05, 0.1) is 0 Å². The molecule has 0 bridgehead atoms. The van der Waals surface area contributed by atoms with Gasteiger partial charge in [-0.25, -0.2) is 0 Å². The van der Waals surface area contributed by atoms with Gasteiger partial charge in [0.15, 0.2) is 0 Å². The van der Waals surface area contributed by atoms with Gasteiger partial charge < -0.3 is 29.7 Å². The van der Waals surface area contributed by atoms with Crippen molar-refractivity contribution in [1.82, 2.24) is 0 Å². The first kappa shape index (κ1) is 53.7. The summed E-state index contributed by atoms with van der Waals surface area (Å²) in [6, 6.07) is 0. The first-order valence-electron chi connectivity index (χ1n) is 26.7. The van der Waals surface area contributed by atoms with Crippen molar-refractivity contribution in [3.05, 3.63) is 69.9 Å². The van der Waals surface area contributed by atoms with Crippen LogP contribution in [0.4, 0.5) is 0 Å². The van der Waals surface area contributed by atoms with Crippen molar-refractivity contribution in [3.63, 3.8) is 0 Å². The summed E-state index contributed by atoms with van der Waals surface area (Å²) in [6.45, 7) is 26.5. The standard InChI is InChI=1S/3C20H30O2.Al/c3*1-13(2)14-6-8-16-15(12-14)7-9-17-19(16,3)10-5-11-20(17,4)18(21)22;/h3*7,12-13,16-17H,5-6,8-11H2,1-4H3,(H,21,22);/q;;;+3/p-3/t3*16-,17?,19+,20-;/m000./s1. The van der Waals surface area contributed by atoms with E-state index in [-0.39, 0.29) is 51.4 Å². The second-order valence-electron chi connectivity index (χ2n) is 25.6. The molecule has 0 aromatic rings. The number of hydrogen-bond acceptors (Lipinski definition) is 6. The number of fused-ring (bicyclic) bond motifs is 9. The molecule has 3 unspecified atom stereocenters. The van der Waals surface area contributed by atoms with E-state index in [1.54, 1.807) is 16.7 Å². The molecule has 0 N–H and O–H groups in total. The molecule has 9 rings (SSSR count). The predicted octanol–water partition coefficient (Wildman–Crippen LogP) is 11.2. The van der Waals surface area contributed by atoms with Gasteiger partial charge in [-0.05, 0) is 183 Å². The summed E-state index contributed by atoms with van der Waals surface area (Å²) in [6.07, 6.45) is 32.9. The Labute approximate surface area is 417 Å². The quantitative estimate of drug-likeness (QED) is 0.245. The third-order valence-electron chi connectivity index (χ3n) is 21.1. The molecule has 0 heterocycles. The van der Waals surface area contributed by atoms with Crippen LogP contribution in [0.25, 0.3) is 0 Å². The second-order valence-corrected chi connectivity index (χ2v) is 25.6. The van der Waals surface area contributed by atoms with E-state index in [2.05, 4.69) is 98.8 Å². The van der Waals surface area contributed by atoms with Crippen LogP contribution in [-0.2, 0) is 14.4 Å². The Morgan fingerprint density at radius 2 is 0.687 bits per heavy atom. The Hall–Kier alpha value is -2.62. The van der Waals surface area contributed by atoms with Crippen LogP contribution in [0.3, 0.4) is 0 Å². The van der Waals surface area contributed by atoms with Crippen LogP contribution in [0.15, 0.2) is 69.9 Å². The number of carbonyl (C=O) groups excluding carboxylic acids is 3. The van der Waals surface area contributed by atoms with Crippen molar-refractivity contribution in [2.24, 2.45) is 85.8 Å². The molecule has 6 nitrogen and oxygen atoms in total. The minimum absolute atomic E-state index is 0. The Morgan fingerprint density at radius 3 is 0.896 bits per heavy atom. The fourth-order valence-electron chi connectivity index (χ4n) is 16.8. The van der Waals surface area contributed by atoms with E-state index in [0.717, 1.165) is 77.0 Å². The first-order chi connectivity index (χ1) is 30.9. The summed E-state index contributed by atoms with van der Waals surface area (Å²) in [5.74, 6) is 1.61. The maximum atomic E-state index is 11.8. The topological polar surface area (TPSA) is 120 Å². The van der Waals surface area contributed by atoms with E-state index in [0.29, 0.717) is 35.5 Å². The van der Waals surface area contributed by atoms with E-state index < -0.39 is 34.2 Å². The van der Waals surface area contributed by atoms with Crippen LogP contribution in [0.2, 0.25) is 0 Å². The molecule has 0 aromatic heterocycles. The zero-order valence-corrected chi connectivity index (χ0v) is 45.1. The maximum absolute atomic E-state index is 11.8. The van der Waals surface area contributed by atoms with Crippen LogP contribution in [0, 0.1) is 85.8 Å². The molecule has 0 spiro atoms.